The number of carbonyl (C=O) groups excluding carboxylic acids is 2. The molecule has 0 unspecified atom stereocenters. The zero-order valence-corrected chi connectivity index (χ0v) is 13.7. The van der Waals surface area contributed by atoms with Gasteiger partial charge in [0, 0.05) is 19.2 Å². The molecule has 0 heterocycles. The van der Waals surface area contributed by atoms with Crippen molar-refractivity contribution >= 4 is 11.8 Å². The summed E-state index contributed by atoms with van der Waals surface area (Å²) in [5, 5.41) is 0. The van der Waals surface area contributed by atoms with Gasteiger partial charge in [-0.3, -0.25) is 9.59 Å². The summed E-state index contributed by atoms with van der Waals surface area (Å²) in [4.78, 5) is 24.7. The summed E-state index contributed by atoms with van der Waals surface area (Å²) < 4.78 is 10.5. The fraction of sp³-hybridized carbons (Fsp3) is 0.222. The highest BCUT2D eigenvalue weighted by Crippen LogP contribution is 2.14. The van der Waals surface area contributed by atoms with E-state index in [4.69, 9.17) is 15.2 Å². The zero-order valence-electron chi connectivity index (χ0n) is 13.7. The Morgan fingerprint density at radius 2 is 1.58 bits per heavy atom. The van der Waals surface area contributed by atoms with Crippen molar-refractivity contribution in [3.8, 4) is 11.5 Å². The predicted octanol–water partition coefficient (Wildman–Crippen LogP) is 1.83. The van der Waals surface area contributed by atoms with Crippen LogP contribution in [-0.4, -0.2) is 37.5 Å². The van der Waals surface area contributed by atoms with Crippen LogP contribution in [-0.2, 0) is 11.3 Å². The third kappa shape index (κ3) is 4.74. The highest BCUT2D eigenvalue weighted by Gasteiger charge is 2.10. The third-order valence-electron chi connectivity index (χ3n) is 3.51. The summed E-state index contributed by atoms with van der Waals surface area (Å²) in [5.41, 5.74) is 6.56. The van der Waals surface area contributed by atoms with Gasteiger partial charge in [-0.25, -0.2) is 0 Å². The maximum atomic E-state index is 12.1. The molecule has 0 aliphatic heterocycles. The van der Waals surface area contributed by atoms with Crippen molar-refractivity contribution < 1.29 is 19.1 Å². The summed E-state index contributed by atoms with van der Waals surface area (Å²) in [6.07, 6.45) is 0. The number of rotatable bonds is 7. The molecule has 0 saturated heterocycles. The molecule has 2 N–H and O–H groups in total. The predicted molar refractivity (Wildman–Crippen MR) is 89.9 cm³/mol. The van der Waals surface area contributed by atoms with Gasteiger partial charge in [-0.15, -0.1) is 0 Å². The van der Waals surface area contributed by atoms with Gasteiger partial charge >= 0.3 is 0 Å². The quantitative estimate of drug-likeness (QED) is 0.841. The molecule has 0 bridgehead atoms. The molecule has 2 aromatic carbocycles. The lowest BCUT2D eigenvalue weighted by atomic mass is 10.2. The fourth-order valence-corrected chi connectivity index (χ4v) is 2.06. The second-order valence-electron chi connectivity index (χ2n) is 5.28. The number of nitrogens with two attached hydrogens (primary N) is 1. The molecule has 0 spiro atoms. The minimum Gasteiger partial charge on any atom is -0.497 e. The van der Waals surface area contributed by atoms with Gasteiger partial charge < -0.3 is 20.1 Å². The van der Waals surface area contributed by atoms with Crippen LogP contribution in [0.2, 0.25) is 0 Å². The molecule has 2 rings (SSSR count). The molecule has 0 radical (unpaired) electrons. The Bertz CT molecular complexity index is 696. The van der Waals surface area contributed by atoms with Gasteiger partial charge in [-0.1, -0.05) is 12.1 Å². The number of primary amides is 1. The molecule has 6 heteroatoms. The molecule has 0 atom stereocenters. The Balaban J connectivity index is 1.85. The fourth-order valence-electron chi connectivity index (χ4n) is 2.06. The topological polar surface area (TPSA) is 81.9 Å². The van der Waals surface area contributed by atoms with Crippen LogP contribution < -0.4 is 15.2 Å². The first-order valence-corrected chi connectivity index (χ1v) is 7.39. The molecule has 0 aromatic heterocycles. The number of ether oxygens (including phenoxy) is 2. The van der Waals surface area contributed by atoms with Gasteiger partial charge in [-0.2, -0.15) is 0 Å². The SMILES string of the molecule is COc1ccc(CN(C)C(=O)COc2ccc(C(N)=O)cc2)cc1. The van der Waals surface area contributed by atoms with Gasteiger partial charge in [0.1, 0.15) is 11.5 Å². The standard InChI is InChI=1S/C18H20N2O4/c1-20(11-13-3-7-15(23-2)8-4-13)17(21)12-24-16-9-5-14(6-10-16)18(19)22/h3-10H,11-12H2,1-2H3,(H2,19,22). The van der Waals surface area contributed by atoms with Crippen molar-refractivity contribution in [1.82, 2.24) is 4.90 Å². The highest BCUT2D eigenvalue weighted by molar-refractivity contribution is 5.92. The van der Waals surface area contributed by atoms with E-state index in [-0.39, 0.29) is 12.5 Å². The van der Waals surface area contributed by atoms with Crippen LogP contribution in [0, 0.1) is 0 Å². The van der Waals surface area contributed by atoms with Gasteiger partial charge in [0.2, 0.25) is 5.91 Å². The van der Waals surface area contributed by atoms with Gasteiger partial charge in [-0.05, 0) is 42.0 Å². The smallest absolute Gasteiger partial charge is 0.260 e. The molecular formula is C18H20N2O4. The second kappa shape index (κ2) is 8.01. The van der Waals surface area contributed by atoms with E-state index in [1.165, 1.54) is 0 Å². The molecule has 0 saturated carbocycles. The van der Waals surface area contributed by atoms with Gasteiger partial charge in [0.05, 0.1) is 7.11 Å². The highest BCUT2D eigenvalue weighted by atomic mass is 16.5. The first-order chi connectivity index (χ1) is 11.5. The Morgan fingerprint density at radius 3 is 2.12 bits per heavy atom. The molecule has 2 amide bonds. The van der Waals surface area contributed by atoms with E-state index in [1.54, 1.807) is 43.3 Å². The van der Waals surface area contributed by atoms with Crippen molar-refractivity contribution in [2.75, 3.05) is 20.8 Å². The Hall–Kier alpha value is -3.02. The average molecular weight is 328 g/mol. The van der Waals surface area contributed by atoms with Crippen molar-refractivity contribution in [1.29, 1.82) is 0 Å². The second-order valence-corrected chi connectivity index (χ2v) is 5.28. The molecule has 2 aromatic rings. The summed E-state index contributed by atoms with van der Waals surface area (Å²) in [7, 11) is 3.32. The van der Waals surface area contributed by atoms with Crippen molar-refractivity contribution in [3.05, 3.63) is 59.7 Å². The maximum Gasteiger partial charge on any atom is 0.260 e. The number of likely N-dealkylation sites (N-methyl/N-ethyl adjacent to an activating group) is 1. The van der Waals surface area contributed by atoms with E-state index >= 15 is 0 Å². The maximum absolute atomic E-state index is 12.1. The summed E-state index contributed by atoms with van der Waals surface area (Å²) >= 11 is 0. The number of amides is 2. The van der Waals surface area contributed by atoms with Crippen LogP contribution >= 0.6 is 0 Å². The number of hydrogen-bond acceptors (Lipinski definition) is 4. The summed E-state index contributed by atoms with van der Waals surface area (Å²) in [6.45, 7) is 0.398. The zero-order chi connectivity index (χ0) is 17.5. The molecule has 0 fully saturated rings. The number of nitrogens with zero attached hydrogens (tertiary/aromatic N) is 1. The van der Waals surface area contributed by atoms with Crippen molar-refractivity contribution in [3.63, 3.8) is 0 Å². The lowest BCUT2D eigenvalue weighted by Crippen LogP contribution is -2.30. The van der Waals surface area contributed by atoms with E-state index in [9.17, 15) is 9.59 Å². The normalized spacial score (nSPS) is 10.1. The largest absolute Gasteiger partial charge is 0.497 e. The summed E-state index contributed by atoms with van der Waals surface area (Å²) in [6, 6.07) is 13.9. The number of hydrogen-bond donors (Lipinski definition) is 1. The van der Waals surface area contributed by atoms with Crippen LogP contribution in [0.25, 0.3) is 0 Å². The number of methoxy groups -OCH3 is 1. The Labute approximate surface area is 140 Å². The van der Waals surface area contributed by atoms with Crippen LogP contribution in [0.15, 0.2) is 48.5 Å². The number of benzene rings is 2. The Morgan fingerprint density at radius 1 is 1.00 bits per heavy atom. The van der Waals surface area contributed by atoms with E-state index in [0.717, 1.165) is 11.3 Å². The number of carbonyl (C=O) groups is 2. The minimum atomic E-state index is -0.503. The van der Waals surface area contributed by atoms with E-state index in [0.29, 0.717) is 17.9 Å². The van der Waals surface area contributed by atoms with Gasteiger partial charge in [0.25, 0.3) is 5.91 Å². The van der Waals surface area contributed by atoms with E-state index in [1.807, 2.05) is 24.3 Å². The first-order valence-electron chi connectivity index (χ1n) is 7.39. The molecule has 0 aliphatic rings. The molecule has 0 aliphatic carbocycles. The van der Waals surface area contributed by atoms with Crippen molar-refractivity contribution in [2.45, 2.75) is 6.54 Å². The van der Waals surface area contributed by atoms with Crippen LogP contribution in [0.5, 0.6) is 11.5 Å². The third-order valence-corrected chi connectivity index (χ3v) is 3.51. The average Bonchev–Trinajstić information content (AvgIpc) is 2.60. The minimum absolute atomic E-state index is 0.0808. The lowest BCUT2D eigenvalue weighted by molar-refractivity contribution is -0.132. The van der Waals surface area contributed by atoms with Crippen LogP contribution in [0.4, 0.5) is 0 Å². The summed E-state index contributed by atoms with van der Waals surface area (Å²) in [5.74, 6) is 0.628. The first kappa shape index (κ1) is 17.3. The Kier molecular flexibility index (Phi) is 5.78. The molecule has 24 heavy (non-hydrogen) atoms. The monoisotopic (exact) mass is 328 g/mol. The molecule has 126 valence electrons. The van der Waals surface area contributed by atoms with E-state index < -0.39 is 5.91 Å². The van der Waals surface area contributed by atoms with Crippen molar-refractivity contribution in [2.24, 2.45) is 5.73 Å². The van der Waals surface area contributed by atoms with Gasteiger partial charge in [0.15, 0.2) is 6.61 Å². The van der Waals surface area contributed by atoms with Crippen LogP contribution in [0.3, 0.4) is 0 Å². The van der Waals surface area contributed by atoms with Crippen LogP contribution in [0.1, 0.15) is 15.9 Å². The molecular weight excluding hydrogens is 308 g/mol. The lowest BCUT2D eigenvalue weighted by Gasteiger charge is -2.18. The van der Waals surface area contributed by atoms with E-state index in [2.05, 4.69) is 0 Å². The molecule has 6 nitrogen and oxygen atoms in total.